The minimum absolute atomic E-state index is 0.247. The minimum atomic E-state index is 0.247. The summed E-state index contributed by atoms with van der Waals surface area (Å²) in [6.45, 7) is 10.6. The summed E-state index contributed by atoms with van der Waals surface area (Å²) in [5.41, 5.74) is 1.29. The maximum atomic E-state index is 5.09. The third kappa shape index (κ3) is 2.62. The van der Waals surface area contributed by atoms with Gasteiger partial charge in [0.25, 0.3) is 0 Å². The van der Waals surface area contributed by atoms with Crippen molar-refractivity contribution in [1.82, 2.24) is 15.4 Å². The van der Waals surface area contributed by atoms with E-state index >= 15 is 0 Å². The largest absolute Gasteiger partial charge is 0.361 e. The molecule has 0 radical (unpaired) electrons. The molecule has 1 atom stereocenters. The summed E-state index contributed by atoms with van der Waals surface area (Å²) in [5.74, 6) is 0.892. The summed E-state index contributed by atoms with van der Waals surface area (Å²) < 4.78 is 5.09. The normalized spacial score (nSPS) is 27.2. The Morgan fingerprint density at radius 3 is 3.06 bits per heavy atom. The molecule has 1 aliphatic rings. The van der Waals surface area contributed by atoms with Gasteiger partial charge in [0.1, 0.15) is 5.76 Å². The summed E-state index contributed by atoms with van der Waals surface area (Å²) in [7, 11) is 0. The predicted molar refractivity (Wildman–Crippen MR) is 63.2 cm³/mol. The molecule has 1 unspecified atom stereocenters. The van der Waals surface area contributed by atoms with E-state index in [1.54, 1.807) is 0 Å². The van der Waals surface area contributed by atoms with Crippen LogP contribution in [0.4, 0.5) is 0 Å². The molecular weight excluding hydrogens is 202 g/mol. The third-order valence-corrected chi connectivity index (χ3v) is 3.40. The first-order valence-electron chi connectivity index (χ1n) is 6.01. The third-order valence-electron chi connectivity index (χ3n) is 3.40. The maximum absolute atomic E-state index is 5.09. The maximum Gasteiger partial charge on any atom is 0.133 e. The first-order valence-corrected chi connectivity index (χ1v) is 6.01. The molecule has 0 aromatic carbocycles. The van der Waals surface area contributed by atoms with Crippen molar-refractivity contribution in [1.29, 1.82) is 0 Å². The van der Waals surface area contributed by atoms with Gasteiger partial charge in [-0.2, -0.15) is 0 Å². The highest BCUT2D eigenvalue weighted by Gasteiger charge is 2.28. The van der Waals surface area contributed by atoms with E-state index in [1.807, 2.05) is 13.0 Å². The van der Waals surface area contributed by atoms with E-state index in [-0.39, 0.29) is 5.54 Å². The van der Waals surface area contributed by atoms with Crippen molar-refractivity contribution < 1.29 is 4.52 Å². The topological polar surface area (TPSA) is 41.3 Å². The summed E-state index contributed by atoms with van der Waals surface area (Å²) in [6.07, 6.45) is 1.15. The van der Waals surface area contributed by atoms with Crippen LogP contribution >= 0.6 is 0 Å². The zero-order chi connectivity index (χ0) is 11.6. The first kappa shape index (κ1) is 11.6. The first-order chi connectivity index (χ1) is 7.61. The van der Waals surface area contributed by atoms with Gasteiger partial charge < -0.3 is 9.84 Å². The zero-order valence-electron chi connectivity index (χ0n) is 10.4. The number of nitrogens with zero attached hydrogens (tertiary/aromatic N) is 2. The molecule has 2 rings (SSSR count). The smallest absolute Gasteiger partial charge is 0.133 e. The van der Waals surface area contributed by atoms with E-state index in [0.717, 1.165) is 44.1 Å². The van der Waals surface area contributed by atoms with Crippen molar-refractivity contribution in [2.45, 2.75) is 39.3 Å². The van der Waals surface area contributed by atoms with Gasteiger partial charge in [0, 0.05) is 37.8 Å². The van der Waals surface area contributed by atoms with Gasteiger partial charge in [-0.1, -0.05) is 12.1 Å². The van der Waals surface area contributed by atoms with Gasteiger partial charge in [-0.15, -0.1) is 0 Å². The molecule has 0 aliphatic carbocycles. The summed E-state index contributed by atoms with van der Waals surface area (Å²) in [6, 6.07) is 2.02. The van der Waals surface area contributed by atoms with Gasteiger partial charge >= 0.3 is 0 Å². The molecule has 4 heteroatoms. The molecule has 1 aromatic rings. The van der Waals surface area contributed by atoms with Crippen LogP contribution in [-0.2, 0) is 6.54 Å². The van der Waals surface area contributed by atoms with E-state index in [0.29, 0.717) is 0 Å². The Morgan fingerprint density at radius 1 is 1.62 bits per heavy atom. The average Bonchev–Trinajstić information content (AvgIpc) is 2.64. The highest BCUT2D eigenvalue weighted by Crippen LogP contribution is 2.17. The summed E-state index contributed by atoms with van der Waals surface area (Å²) >= 11 is 0. The Morgan fingerprint density at radius 2 is 2.44 bits per heavy atom. The van der Waals surface area contributed by atoms with E-state index < -0.39 is 0 Å². The van der Waals surface area contributed by atoms with Crippen molar-refractivity contribution in [3.8, 4) is 0 Å². The number of piperazine rings is 1. The van der Waals surface area contributed by atoms with E-state index in [9.17, 15) is 0 Å². The lowest BCUT2D eigenvalue weighted by molar-refractivity contribution is 0.131. The molecule has 1 aliphatic heterocycles. The van der Waals surface area contributed by atoms with E-state index in [2.05, 4.69) is 29.2 Å². The number of aromatic nitrogens is 1. The SMILES string of the molecule is CCC1(C)CN(Cc2cc(C)on2)CCN1. The van der Waals surface area contributed by atoms with Crippen molar-refractivity contribution in [3.63, 3.8) is 0 Å². The van der Waals surface area contributed by atoms with Crippen LogP contribution in [0, 0.1) is 6.92 Å². The molecule has 2 heterocycles. The molecule has 0 amide bonds. The van der Waals surface area contributed by atoms with Crippen molar-refractivity contribution in [2.24, 2.45) is 0 Å². The Labute approximate surface area is 97.0 Å². The minimum Gasteiger partial charge on any atom is -0.361 e. The van der Waals surface area contributed by atoms with Gasteiger partial charge in [0.15, 0.2) is 0 Å². The van der Waals surface area contributed by atoms with Gasteiger partial charge in [0.2, 0.25) is 0 Å². The standard InChI is InChI=1S/C12H21N3O/c1-4-12(3)9-15(6-5-13-12)8-11-7-10(2)16-14-11/h7,13H,4-6,8-9H2,1-3H3. The van der Waals surface area contributed by atoms with E-state index in [1.165, 1.54) is 0 Å². The summed E-state index contributed by atoms with van der Waals surface area (Å²) in [4.78, 5) is 2.44. The molecule has 90 valence electrons. The molecule has 4 nitrogen and oxygen atoms in total. The summed E-state index contributed by atoms with van der Waals surface area (Å²) in [5, 5.41) is 7.63. The van der Waals surface area contributed by atoms with Gasteiger partial charge in [-0.25, -0.2) is 0 Å². The number of hydrogen-bond acceptors (Lipinski definition) is 4. The Balaban J connectivity index is 1.95. The van der Waals surface area contributed by atoms with Crippen molar-refractivity contribution >= 4 is 0 Å². The van der Waals surface area contributed by atoms with Crippen molar-refractivity contribution in [2.75, 3.05) is 19.6 Å². The molecule has 1 N–H and O–H groups in total. The fourth-order valence-corrected chi connectivity index (χ4v) is 2.24. The lowest BCUT2D eigenvalue weighted by Crippen LogP contribution is -2.58. The Kier molecular flexibility index (Phi) is 3.30. The predicted octanol–water partition coefficient (Wildman–Crippen LogP) is 1.56. The molecule has 16 heavy (non-hydrogen) atoms. The van der Waals surface area contributed by atoms with Crippen LogP contribution in [0.2, 0.25) is 0 Å². The Hall–Kier alpha value is -0.870. The second-order valence-electron chi connectivity index (χ2n) is 4.98. The van der Waals surface area contributed by atoms with Gasteiger partial charge in [-0.05, 0) is 20.3 Å². The number of rotatable bonds is 3. The number of aryl methyl sites for hydroxylation is 1. The Bertz CT molecular complexity index is 350. The van der Waals surface area contributed by atoms with Crippen LogP contribution < -0.4 is 5.32 Å². The molecule has 0 saturated carbocycles. The van der Waals surface area contributed by atoms with Crippen LogP contribution in [-0.4, -0.2) is 35.2 Å². The van der Waals surface area contributed by atoms with Crippen LogP contribution in [0.3, 0.4) is 0 Å². The second kappa shape index (κ2) is 4.55. The van der Waals surface area contributed by atoms with Crippen LogP contribution in [0.25, 0.3) is 0 Å². The molecular formula is C12H21N3O. The second-order valence-corrected chi connectivity index (χ2v) is 4.98. The van der Waals surface area contributed by atoms with Gasteiger partial charge in [0.05, 0.1) is 5.69 Å². The zero-order valence-corrected chi connectivity index (χ0v) is 10.4. The van der Waals surface area contributed by atoms with Crippen LogP contribution in [0.15, 0.2) is 10.6 Å². The monoisotopic (exact) mass is 223 g/mol. The molecule has 1 fully saturated rings. The molecule has 1 aromatic heterocycles. The van der Waals surface area contributed by atoms with Crippen molar-refractivity contribution in [3.05, 3.63) is 17.5 Å². The highest BCUT2D eigenvalue weighted by atomic mass is 16.5. The van der Waals surface area contributed by atoms with Crippen LogP contribution in [0.5, 0.6) is 0 Å². The molecule has 0 spiro atoms. The van der Waals surface area contributed by atoms with Gasteiger partial charge in [-0.3, -0.25) is 4.90 Å². The number of nitrogens with one attached hydrogen (secondary N) is 1. The lowest BCUT2D eigenvalue weighted by Gasteiger charge is -2.40. The number of hydrogen-bond donors (Lipinski definition) is 1. The lowest BCUT2D eigenvalue weighted by atomic mass is 9.96. The fraction of sp³-hybridized carbons (Fsp3) is 0.750. The molecule has 0 bridgehead atoms. The average molecular weight is 223 g/mol. The van der Waals surface area contributed by atoms with Crippen LogP contribution in [0.1, 0.15) is 31.7 Å². The fourth-order valence-electron chi connectivity index (χ4n) is 2.24. The molecule has 1 saturated heterocycles. The quantitative estimate of drug-likeness (QED) is 0.844. The van der Waals surface area contributed by atoms with E-state index in [4.69, 9.17) is 4.52 Å². The highest BCUT2D eigenvalue weighted by molar-refractivity contribution is 5.04.